The molecule has 0 amide bonds. The number of phenols is 1. The molecule has 1 N–H and O–H groups in total. The highest BCUT2D eigenvalue weighted by Gasteiger charge is 2.32. The van der Waals surface area contributed by atoms with E-state index in [1.807, 2.05) is 12.1 Å². The summed E-state index contributed by atoms with van der Waals surface area (Å²) < 4.78 is 1.25. The molecule has 2 rings (SSSR count). The quantitative estimate of drug-likeness (QED) is 0.762. The topological polar surface area (TPSA) is 20.2 Å². The lowest BCUT2D eigenvalue weighted by molar-refractivity contribution is 0.404. The molecular formula is C17H19IO. The van der Waals surface area contributed by atoms with Gasteiger partial charge in [0.05, 0.1) is 0 Å². The van der Waals surface area contributed by atoms with Crippen molar-refractivity contribution >= 4 is 22.6 Å². The Bertz CT molecular complexity index is 495. The van der Waals surface area contributed by atoms with Crippen molar-refractivity contribution < 1.29 is 5.11 Å². The predicted molar refractivity (Wildman–Crippen MR) is 88.6 cm³/mol. The van der Waals surface area contributed by atoms with Crippen LogP contribution in [0.15, 0.2) is 48.5 Å². The van der Waals surface area contributed by atoms with Crippen LogP contribution in [0.1, 0.15) is 31.9 Å². The molecular weight excluding hydrogens is 347 g/mol. The molecule has 1 nitrogen and oxygen atoms in total. The second-order valence-corrected chi connectivity index (χ2v) is 6.66. The summed E-state index contributed by atoms with van der Waals surface area (Å²) >= 11 is 2.33. The normalized spacial score (nSPS) is 14.4. The van der Waals surface area contributed by atoms with Crippen molar-refractivity contribution in [3.8, 4) is 5.75 Å². The summed E-state index contributed by atoms with van der Waals surface area (Å²) in [6.45, 7) is 6.75. The van der Waals surface area contributed by atoms with E-state index in [4.69, 9.17) is 0 Å². The van der Waals surface area contributed by atoms with Gasteiger partial charge in [0.15, 0.2) is 0 Å². The van der Waals surface area contributed by atoms with Gasteiger partial charge in [-0.15, -0.1) is 0 Å². The lowest BCUT2D eigenvalue weighted by Gasteiger charge is -2.35. The first kappa shape index (κ1) is 14.4. The standard InChI is InChI=1S/C17H19IO/c1-12(2)17(3,13-4-8-15(18)9-5-13)14-6-10-16(19)11-7-14/h4-12,19H,1-3H3/t17-/m0/s1. The molecule has 1 atom stereocenters. The number of phenolic OH excluding ortho intramolecular Hbond substituents is 1. The first-order valence-corrected chi connectivity index (χ1v) is 7.58. The van der Waals surface area contributed by atoms with Crippen LogP contribution in [0.25, 0.3) is 0 Å². The van der Waals surface area contributed by atoms with Gasteiger partial charge in [-0.3, -0.25) is 0 Å². The molecule has 0 saturated heterocycles. The van der Waals surface area contributed by atoms with Gasteiger partial charge >= 0.3 is 0 Å². The van der Waals surface area contributed by atoms with Crippen molar-refractivity contribution in [1.29, 1.82) is 0 Å². The molecule has 2 aromatic rings. The van der Waals surface area contributed by atoms with Crippen molar-refractivity contribution in [3.05, 3.63) is 63.2 Å². The monoisotopic (exact) mass is 366 g/mol. The largest absolute Gasteiger partial charge is 0.508 e. The van der Waals surface area contributed by atoms with E-state index in [9.17, 15) is 5.11 Å². The zero-order chi connectivity index (χ0) is 14.0. The third kappa shape index (κ3) is 2.78. The second kappa shape index (κ2) is 5.53. The van der Waals surface area contributed by atoms with Gasteiger partial charge in [-0.1, -0.05) is 45.0 Å². The van der Waals surface area contributed by atoms with Gasteiger partial charge in [0.25, 0.3) is 0 Å². The highest BCUT2D eigenvalue weighted by atomic mass is 127. The van der Waals surface area contributed by atoms with Gasteiger partial charge in [0.2, 0.25) is 0 Å². The van der Waals surface area contributed by atoms with Crippen LogP contribution in [-0.2, 0) is 5.41 Å². The number of rotatable bonds is 3. The highest BCUT2D eigenvalue weighted by molar-refractivity contribution is 14.1. The zero-order valence-electron chi connectivity index (χ0n) is 11.5. The van der Waals surface area contributed by atoms with Crippen LogP contribution in [0.2, 0.25) is 0 Å². The summed E-state index contributed by atoms with van der Waals surface area (Å²) in [5.74, 6) is 0.787. The molecule has 0 fully saturated rings. The number of hydrogen-bond acceptors (Lipinski definition) is 1. The Labute approximate surface area is 128 Å². The lowest BCUT2D eigenvalue weighted by atomic mass is 9.68. The SMILES string of the molecule is CC(C)[C@](C)(c1ccc(O)cc1)c1ccc(I)cc1. The van der Waals surface area contributed by atoms with Crippen molar-refractivity contribution in [2.75, 3.05) is 0 Å². The molecule has 0 unspecified atom stereocenters. The van der Waals surface area contributed by atoms with Crippen molar-refractivity contribution in [2.24, 2.45) is 5.92 Å². The average molecular weight is 366 g/mol. The van der Waals surface area contributed by atoms with E-state index in [2.05, 4.69) is 67.6 Å². The maximum atomic E-state index is 9.47. The van der Waals surface area contributed by atoms with Crippen LogP contribution in [0.3, 0.4) is 0 Å². The minimum absolute atomic E-state index is 0.0436. The zero-order valence-corrected chi connectivity index (χ0v) is 13.7. The molecule has 0 bridgehead atoms. The molecule has 0 spiro atoms. The Morgan fingerprint density at radius 3 is 1.74 bits per heavy atom. The fraction of sp³-hybridized carbons (Fsp3) is 0.294. The first-order chi connectivity index (χ1) is 8.94. The maximum Gasteiger partial charge on any atom is 0.115 e. The first-order valence-electron chi connectivity index (χ1n) is 6.50. The number of hydrogen-bond donors (Lipinski definition) is 1. The van der Waals surface area contributed by atoms with Crippen LogP contribution in [0.4, 0.5) is 0 Å². The number of halogens is 1. The molecule has 0 aliphatic carbocycles. The fourth-order valence-corrected chi connectivity index (χ4v) is 2.80. The van der Waals surface area contributed by atoms with Crippen molar-refractivity contribution in [2.45, 2.75) is 26.2 Å². The minimum Gasteiger partial charge on any atom is -0.508 e. The fourth-order valence-electron chi connectivity index (χ4n) is 2.44. The summed E-state index contributed by atoms with van der Waals surface area (Å²) in [6.07, 6.45) is 0. The Kier molecular flexibility index (Phi) is 4.19. The molecule has 19 heavy (non-hydrogen) atoms. The highest BCUT2D eigenvalue weighted by Crippen LogP contribution is 2.39. The minimum atomic E-state index is -0.0436. The van der Waals surface area contributed by atoms with Crippen LogP contribution in [0.5, 0.6) is 5.75 Å². The molecule has 0 heterocycles. The Morgan fingerprint density at radius 2 is 1.32 bits per heavy atom. The molecule has 2 aromatic carbocycles. The summed E-state index contributed by atoms with van der Waals surface area (Å²) in [7, 11) is 0. The summed E-state index contributed by atoms with van der Waals surface area (Å²) in [4.78, 5) is 0. The van der Waals surface area contributed by atoms with Crippen LogP contribution in [0, 0.1) is 9.49 Å². The smallest absolute Gasteiger partial charge is 0.115 e. The lowest BCUT2D eigenvalue weighted by Crippen LogP contribution is -2.30. The molecule has 100 valence electrons. The molecule has 0 radical (unpaired) electrons. The van der Waals surface area contributed by atoms with E-state index >= 15 is 0 Å². The number of aromatic hydroxyl groups is 1. The summed E-state index contributed by atoms with van der Waals surface area (Å²) in [5, 5.41) is 9.47. The third-order valence-corrected chi connectivity index (χ3v) is 4.78. The van der Waals surface area contributed by atoms with Gasteiger partial charge in [-0.2, -0.15) is 0 Å². The average Bonchev–Trinajstić information content (AvgIpc) is 2.39. The molecule has 0 aliphatic rings. The van der Waals surface area contributed by atoms with E-state index in [1.165, 1.54) is 14.7 Å². The van der Waals surface area contributed by atoms with Crippen molar-refractivity contribution in [3.63, 3.8) is 0 Å². The molecule has 0 aromatic heterocycles. The Morgan fingerprint density at radius 1 is 0.895 bits per heavy atom. The summed E-state index contributed by atoms with van der Waals surface area (Å²) in [5.41, 5.74) is 2.51. The Balaban J connectivity index is 2.54. The van der Waals surface area contributed by atoms with Gasteiger partial charge in [-0.25, -0.2) is 0 Å². The van der Waals surface area contributed by atoms with Gasteiger partial charge in [0.1, 0.15) is 5.75 Å². The van der Waals surface area contributed by atoms with Gasteiger partial charge in [0, 0.05) is 8.99 Å². The number of benzene rings is 2. The van der Waals surface area contributed by atoms with Crippen molar-refractivity contribution in [1.82, 2.24) is 0 Å². The van der Waals surface area contributed by atoms with Gasteiger partial charge < -0.3 is 5.11 Å². The molecule has 0 saturated carbocycles. The Hall–Kier alpha value is -1.03. The van der Waals surface area contributed by atoms with Crippen LogP contribution in [-0.4, -0.2) is 5.11 Å². The van der Waals surface area contributed by atoms with Gasteiger partial charge in [-0.05, 0) is 63.9 Å². The van der Waals surface area contributed by atoms with Crippen LogP contribution < -0.4 is 0 Å². The van der Waals surface area contributed by atoms with E-state index in [0.717, 1.165) is 0 Å². The van der Waals surface area contributed by atoms with E-state index in [1.54, 1.807) is 12.1 Å². The second-order valence-electron chi connectivity index (χ2n) is 5.41. The third-order valence-electron chi connectivity index (χ3n) is 4.07. The van der Waals surface area contributed by atoms with E-state index in [-0.39, 0.29) is 5.41 Å². The van der Waals surface area contributed by atoms with E-state index < -0.39 is 0 Å². The molecule has 2 heteroatoms. The van der Waals surface area contributed by atoms with E-state index in [0.29, 0.717) is 11.7 Å². The molecule has 0 aliphatic heterocycles. The predicted octanol–water partition coefficient (Wildman–Crippen LogP) is 4.96. The maximum absolute atomic E-state index is 9.47. The summed E-state index contributed by atoms with van der Waals surface area (Å²) in [6, 6.07) is 16.3. The van der Waals surface area contributed by atoms with Crippen LogP contribution >= 0.6 is 22.6 Å².